The van der Waals surface area contributed by atoms with Gasteiger partial charge in [-0.1, -0.05) is 25.1 Å². The second kappa shape index (κ2) is 6.79. The summed E-state index contributed by atoms with van der Waals surface area (Å²) in [4.78, 5) is 12.3. The lowest BCUT2D eigenvalue weighted by atomic mass is 10.1. The Morgan fingerprint density at radius 1 is 1.24 bits per heavy atom. The number of carbonyl (C=O) groups excluding carboxylic acids is 1. The molecular weight excluding hydrogens is 264 g/mol. The topological polar surface area (TPSA) is 64.3 Å². The number of nitrogen functional groups attached to an aromatic ring is 1. The van der Waals surface area contributed by atoms with Crippen molar-refractivity contribution in [3.8, 4) is 5.75 Å². The van der Waals surface area contributed by atoms with Crippen molar-refractivity contribution >= 4 is 17.3 Å². The summed E-state index contributed by atoms with van der Waals surface area (Å²) in [6, 6.07) is 14.7. The van der Waals surface area contributed by atoms with E-state index in [0.29, 0.717) is 17.9 Å². The zero-order valence-corrected chi connectivity index (χ0v) is 12.3. The van der Waals surface area contributed by atoms with Gasteiger partial charge >= 0.3 is 0 Å². The third-order valence-corrected chi connectivity index (χ3v) is 3.19. The first-order chi connectivity index (χ1) is 10.1. The molecule has 110 valence electrons. The first kappa shape index (κ1) is 14.9. The van der Waals surface area contributed by atoms with Gasteiger partial charge in [0.2, 0.25) is 0 Å². The maximum Gasteiger partial charge on any atom is 0.265 e. The van der Waals surface area contributed by atoms with Gasteiger partial charge in [-0.15, -0.1) is 0 Å². The van der Waals surface area contributed by atoms with E-state index < -0.39 is 6.10 Å². The molecule has 0 spiro atoms. The van der Waals surface area contributed by atoms with E-state index in [1.165, 1.54) is 0 Å². The number of ether oxygens (including phenoxy) is 1. The lowest BCUT2D eigenvalue weighted by Crippen LogP contribution is -2.32. The van der Waals surface area contributed by atoms with Crippen LogP contribution in [0.25, 0.3) is 0 Å². The molecule has 0 saturated carbocycles. The lowest BCUT2D eigenvalue weighted by Gasteiger charge is -2.18. The number of amides is 1. The molecule has 3 N–H and O–H groups in total. The van der Waals surface area contributed by atoms with Crippen molar-refractivity contribution in [3.63, 3.8) is 0 Å². The summed E-state index contributed by atoms with van der Waals surface area (Å²) in [5.74, 6) is 0.530. The van der Waals surface area contributed by atoms with E-state index in [1.807, 2.05) is 50.2 Å². The molecule has 2 aromatic carbocycles. The molecular formula is C17H20N2O2. The molecule has 0 unspecified atom stereocenters. The minimum atomic E-state index is -0.524. The van der Waals surface area contributed by atoms with Crippen LogP contribution in [0.1, 0.15) is 18.9 Å². The van der Waals surface area contributed by atoms with Gasteiger partial charge in [-0.05, 0) is 49.2 Å². The van der Waals surface area contributed by atoms with Gasteiger partial charge in [0.1, 0.15) is 5.75 Å². The molecule has 2 aromatic rings. The molecule has 0 fully saturated rings. The van der Waals surface area contributed by atoms with Crippen LogP contribution in [0.2, 0.25) is 0 Å². The molecule has 21 heavy (non-hydrogen) atoms. The van der Waals surface area contributed by atoms with Gasteiger partial charge in [-0.25, -0.2) is 0 Å². The Balaban J connectivity index is 2.06. The Bertz CT molecular complexity index is 611. The van der Waals surface area contributed by atoms with E-state index >= 15 is 0 Å². The molecule has 1 atom stereocenters. The van der Waals surface area contributed by atoms with E-state index in [-0.39, 0.29) is 5.91 Å². The van der Waals surface area contributed by atoms with Crippen LogP contribution < -0.4 is 15.8 Å². The second-order valence-electron chi connectivity index (χ2n) is 4.89. The summed E-state index contributed by atoms with van der Waals surface area (Å²) in [6.45, 7) is 3.83. The Labute approximate surface area is 124 Å². The van der Waals surface area contributed by atoms with E-state index in [1.54, 1.807) is 12.1 Å². The van der Waals surface area contributed by atoms with Gasteiger partial charge in [0, 0.05) is 11.4 Å². The number of anilines is 2. The average molecular weight is 284 g/mol. The van der Waals surface area contributed by atoms with Crippen LogP contribution in [0.5, 0.6) is 5.75 Å². The maximum atomic E-state index is 12.3. The number of carbonyl (C=O) groups is 1. The van der Waals surface area contributed by atoms with Crippen molar-refractivity contribution in [1.29, 1.82) is 0 Å². The fraction of sp³-hybridized carbons (Fsp3) is 0.235. The minimum absolute atomic E-state index is 0.158. The van der Waals surface area contributed by atoms with Crippen LogP contribution in [-0.4, -0.2) is 12.0 Å². The van der Waals surface area contributed by atoms with Crippen LogP contribution in [0.15, 0.2) is 48.5 Å². The normalized spacial score (nSPS) is 11.7. The van der Waals surface area contributed by atoms with E-state index in [9.17, 15) is 4.79 Å². The molecule has 2 rings (SSSR count). The summed E-state index contributed by atoms with van der Waals surface area (Å²) < 4.78 is 5.72. The fourth-order valence-corrected chi connectivity index (χ4v) is 2.03. The van der Waals surface area contributed by atoms with Gasteiger partial charge < -0.3 is 15.8 Å². The highest BCUT2D eigenvalue weighted by atomic mass is 16.5. The molecule has 4 nitrogen and oxygen atoms in total. The van der Waals surface area contributed by atoms with Crippen LogP contribution in [0, 0.1) is 6.92 Å². The molecule has 0 bridgehead atoms. The molecule has 0 aliphatic carbocycles. The zero-order valence-electron chi connectivity index (χ0n) is 12.3. The van der Waals surface area contributed by atoms with Gasteiger partial charge in [0.25, 0.3) is 5.91 Å². The third-order valence-electron chi connectivity index (χ3n) is 3.19. The van der Waals surface area contributed by atoms with E-state index in [2.05, 4.69) is 5.32 Å². The summed E-state index contributed by atoms with van der Waals surface area (Å²) in [7, 11) is 0. The van der Waals surface area contributed by atoms with Crippen molar-refractivity contribution in [2.75, 3.05) is 11.1 Å². The summed E-state index contributed by atoms with van der Waals surface area (Å²) in [6.07, 6.45) is 0.0683. The van der Waals surface area contributed by atoms with Crippen LogP contribution in [0.3, 0.4) is 0 Å². The maximum absolute atomic E-state index is 12.3. The van der Waals surface area contributed by atoms with Gasteiger partial charge in [0.15, 0.2) is 6.10 Å². The average Bonchev–Trinajstić information content (AvgIpc) is 2.48. The molecule has 4 heteroatoms. The Hall–Kier alpha value is -2.49. The first-order valence-corrected chi connectivity index (χ1v) is 6.99. The number of benzene rings is 2. The number of para-hydroxylation sites is 1. The van der Waals surface area contributed by atoms with Crippen molar-refractivity contribution in [2.45, 2.75) is 26.4 Å². The highest BCUT2D eigenvalue weighted by Gasteiger charge is 2.19. The van der Waals surface area contributed by atoms with Gasteiger partial charge in [-0.2, -0.15) is 0 Å². The third kappa shape index (κ3) is 3.99. The van der Waals surface area contributed by atoms with Gasteiger partial charge in [0.05, 0.1) is 0 Å². The van der Waals surface area contributed by atoms with Crippen LogP contribution >= 0.6 is 0 Å². The second-order valence-corrected chi connectivity index (χ2v) is 4.89. The summed E-state index contributed by atoms with van der Waals surface area (Å²) >= 11 is 0. The molecule has 0 aliphatic rings. The van der Waals surface area contributed by atoms with Crippen LogP contribution in [-0.2, 0) is 4.79 Å². The molecule has 0 radical (unpaired) electrons. The summed E-state index contributed by atoms with van der Waals surface area (Å²) in [5.41, 5.74) is 8.07. The van der Waals surface area contributed by atoms with Crippen molar-refractivity contribution < 1.29 is 9.53 Å². The largest absolute Gasteiger partial charge is 0.481 e. The number of nitrogens with one attached hydrogen (secondary N) is 1. The molecule has 0 aliphatic heterocycles. The number of nitrogens with two attached hydrogens (primary N) is 1. The van der Waals surface area contributed by atoms with E-state index in [0.717, 1.165) is 11.3 Å². The van der Waals surface area contributed by atoms with Gasteiger partial charge in [-0.3, -0.25) is 4.79 Å². The predicted octanol–water partition coefficient (Wildman–Crippen LogP) is 3.37. The fourth-order valence-electron chi connectivity index (χ4n) is 2.03. The Kier molecular flexibility index (Phi) is 4.82. The molecule has 0 saturated heterocycles. The Morgan fingerprint density at radius 2 is 1.95 bits per heavy atom. The van der Waals surface area contributed by atoms with E-state index in [4.69, 9.17) is 10.5 Å². The highest BCUT2D eigenvalue weighted by Crippen LogP contribution is 2.19. The number of hydrogen-bond acceptors (Lipinski definition) is 3. The zero-order chi connectivity index (χ0) is 15.2. The van der Waals surface area contributed by atoms with Crippen molar-refractivity contribution in [1.82, 2.24) is 0 Å². The van der Waals surface area contributed by atoms with Crippen molar-refractivity contribution in [2.24, 2.45) is 0 Å². The predicted molar refractivity (Wildman–Crippen MR) is 85.4 cm³/mol. The number of rotatable bonds is 5. The molecule has 1 amide bonds. The molecule has 0 aromatic heterocycles. The molecule has 0 heterocycles. The summed E-state index contributed by atoms with van der Waals surface area (Å²) in [5, 5.41) is 2.89. The highest BCUT2D eigenvalue weighted by molar-refractivity contribution is 5.95. The smallest absolute Gasteiger partial charge is 0.265 e. The standard InChI is InChI=1S/C17H20N2O2/c1-3-16(21-14-7-5-4-6-8-14)17(20)19-15-10-9-13(18)11-12(15)2/h4-11,16H,3,18H2,1-2H3,(H,19,20)/t16-/m0/s1. The number of aryl methyl sites for hydroxylation is 1. The SMILES string of the molecule is CC[C@H](Oc1ccccc1)C(=O)Nc1ccc(N)cc1C. The lowest BCUT2D eigenvalue weighted by molar-refractivity contribution is -0.122. The quantitative estimate of drug-likeness (QED) is 0.827. The van der Waals surface area contributed by atoms with Crippen molar-refractivity contribution in [3.05, 3.63) is 54.1 Å². The van der Waals surface area contributed by atoms with Crippen LogP contribution in [0.4, 0.5) is 11.4 Å². The number of hydrogen-bond donors (Lipinski definition) is 2. The first-order valence-electron chi connectivity index (χ1n) is 6.99. The monoisotopic (exact) mass is 284 g/mol. The minimum Gasteiger partial charge on any atom is -0.481 e. The Morgan fingerprint density at radius 3 is 2.57 bits per heavy atom.